The third kappa shape index (κ3) is 1.84. The summed E-state index contributed by atoms with van der Waals surface area (Å²) in [7, 11) is 0. The Hall–Kier alpha value is -1.04. The summed E-state index contributed by atoms with van der Waals surface area (Å²) in [4.78, 5) is 5.20. The number of thiophene rings is 1. The highest BCUT2D eigenvalue weighted by Crippen LogP contribution is 2.36. The van der Waals surface area contributed by atoms with Crippen LogP contribution in [-0.4, -0.2) is 4.98 Å². The maximum Gasteiger partial charge on any atom is 0.239 e. The van der Waals surface area contributed by atoms with Crippen molar-refractivity contribution in [3.05, 3.63) is 33.1 Å². The maximum atomic E-state index is 6.04. The number of anilines is 1. The number of nitrogens with two attached hydrogens (primary N) is 1. The van der Waals surface area contributed by atoms with Crippen molar-refractivity contribution >= 4 is 55.7 Å². The van der Waals surface area contributed by atoms with Gasteiger partial charge in [0, 0.05) is 4.47 Å². The molecule has 86 valence electrons. The molecule has 0 aliphatic heterocycles. The number of hydrogen-bond acceptors (Lipinski definition) is 4. The smallest absolute Gasteiger partial charge is 0.239 e. The van der Waals surface area contributed by atoms with Crippen molar-refractivity contribution in [2.75, 3.05) is 5.73 Å². The molecule has 0 unspecified atom stereocenters. The second kappa shape index (κ2) is 4.01. The van der Waals surface area contributed by atoms with Gasteiger partial charge >= 0.3 is 0 Å². The lowest BCUT2D eigenvalue weighted by Gasteiger charge is -1.94. The zero-order chi connectivity index (χ0) is 12.0. The fraction of sp³-hybridized carbons (Fsp3) is 0. The van der Waals surface area contributed by atoms with E-state index >= 15 is 0 Å². The molecule has 3 rings (SSSR count). The number of fused-ring (bicyclic) bond motifs is 1. The summed E-state index contributed by atoms with van der Waals surface area (Å²) in [6.45, 7) is 0. The molecule has 1 aromatic carbocycles. The van der Waals surface area contributed by atoms with Gasteiger partial charge in [-0.05, 0) is 23.6 Å². The summed E-state index contributed by atoms with van der Waals surface area (Å²) in [5.74, 6) is 0.504. The van der Waals surface area contributed by atoms with E-state index in [1.54, 1.807) is 6.07 Å². The van der Waals surface area contributed by atoms with Crippen molar-refractivity contribution in [2.24, 2.45) is 0 Å². The highest BCUT2D eigenvalue weighted by atomic mass is 79.9. The van der Waals surface area contributed by atoms with Crippen LogP contribution in [0.5, 0.6) is 0 Å². The standard InChI is InChI=1S/C11H6BrClN2OS/c12-5-3-7(14)9-8(4-5)15-11(16-9)10-6(13)1-2-17-10/h1-4H,14H2. The number of rotatable bonds is 1. The van der Waals surface area contributed by atoms with Crippen LogP contribution < -0.4 is 5.73 Å². The van der Waals surface area contributed by atoms with Gasteiger partial charge in [-0.25, -0.2) is 4.98 Å². The normalized spacial score (nSPS) is 11.2. The maximum absolute atomic E-state index is 6.04. The van der Waals surface area contributed by atoms with Gasteiger partial charge < -0.3 is 10.2 Å². The molecular weight excluding hydrogens is 324 g/mol. The Morgan fingerprint density at radius 1 is 1.41 bits per heavy atom. The number of aromatic nitrogens is 1. The van der Waals surface area contributed by atoms with Crippen molar-refractivity contribution in [1.29, 1.82) is 0 Å². The van der Waals surface area contributed by atoms with Crippen LogP contribution in [0.1, 0.15) is 0 Å². The van der Waals surface area contributed by atoms with Gasteiger partial charge in [-0.15, -0.1) is 11.3 Å². The van der Waals surface area contributed by atoms with E-state index in [1.807, 2.05) is 17.5 Å². The van der Waals surface area contributed by atoms with E-state index in [-0.39, 0.29) is 0 Å². The first-order chi connectivity index (χ1) is 8.15. The van der Waals surface area contributed by atoms with Gasteiger partial charge in [0.15, 0.2) is 5.58 Å². The Labute approximate surface area is 114 Å². The average molecular weight is 330 g/mol. The number of nitrogen functional groups attached to an aromatic ring is 1. The largest absolute Gasteiger partial charge is 0.433 e. The second-order valence-corrected chi connectivity index (χ2v) is 5.70. The molecule has 17 heavy (non-hydrogen) atoms. The Kier molecular flexibility index (Phi) is 2.61. The Morgan fingerprint density at radius 3 is 2.94 bits per heavy atom. The first-order valence-electron chi connectivity index (χ1n) is 4.74. The fourth-order valence-corrected chi connectivity index (χ4v) is 3.09. The van der Waals surface area contributed by atoms with E-state index < -0.39 is 0 Å². The summed E-state index contributed by atoms with van der Waals surface area (Å²) in [6.07, 6.45) is 0. The van der Waals surface area contributed by atoms with Gasteiger partial charge in [0.05, 0.1) is 10.7 Å². The van der Waals surface area contributed by atoms with Crippen LogP contribution in [0.3, 0.4) is 0 Å². The number of nitrogens with zero attached hydrogens (tertiary/aromatic N) is 1. The molecule has 3 aromatic rings. The number of benzene rings is 1. The number of hydrogen-bond donors (Lipinski definition) is 1. The van der Waals surface area contributed by atoms with Crippen molar-refractivity contribution < 1.29 is 4.42 Å². The first kappa shape index (κ1) is 11.1. The lowest BCUT2D eigenvalue weighted by Crippen LogP contribution is -1.84. The topological polar surface area (TPSA) is 52.0 Å². The third-order valence-corrected chi connectivity index (χ3v) is 4.08. The monoisotopic (exact) mass is 328 g/mol. The van der Waals surface area contributed by atoms with Gasteiger partial charge in [0.2, 0.25) is 5.89 Å². The molecule has 2 aromatic heterocycles. The molecule has 0 aliphatic rings. The average Bonchev–Trinajstić information content (AvgIpc) is 2.83. The van der Waals surface area contributed by atoms with Crippen molar-refractivity contribution in [1.82, 2.24) is 4.98 Å². The Morgan fingerprint density at radius 2 is 2.24 bits per heavy atom. The molecule has 0 saturated carbocycles. The van der Waals surface area contributed by atoms with Crippen LogP contribution in [-0.2, 0) is 0 Å². The predicted octanol–water partition coefficient (Wildman–Crippen LogP) is 4.55. The zero-order valence-electron chi connectivity index (χ0n) is 8.41. The Bertz CT molecular complexity index is 707. The van der Waals surface area contributed by atoms with Crippen LogP contribution in [0.2, 0.25) is 5.02 Å². The molecule has 0 radical (unpaired) electrons. The zero-order valence-corrected chi connectivity index (χ0v) is 11.6. The van der Waals surface area contributed by atoms with E-state index in [4.69, 9.17) is 21.8 Å². The highest BCUT2D eigenvalue weighted by Gasteiger charge is 2.14. The van der Waals surface area contributed by atoms with E-state index in [0.29, 0.717) is 22.2 Å². The van der Waals surface area contributed by atoms with E-state index in [2.05, 4.69) is 20.9 Å². The molecule has 0 amide bonds. The van der Waals surface area contributed by atoms with Gasteiger partial charge in [-0.1, -0.05) is 27.5 Å². The summed E-state index contributed by atoms with van der Waals surface area (Å²) in [6, 6.07) is 5.46. The summed E-state index contributed by atoms with van der Waals surface area (Å²) < 4.78 is 6.52. The molecule has 3 nitrogen and oxygen atoms in total. The molecule has 2 heterocycles. The molecule has 0 fully saturated rings. The number of halogens is 2. The van der Waals surface area contributed by atoms with Crippen LogP contribution in [0.4, 0.5) is 5.69 Å². The van der Waals surface area contributed by atoms with Crippen LogP contribution in [0.15, 0.2) is 32.5 Å². The van der Waals surface area contributed by atoms with E-state index in [0.717, 1.165) is 14.9 Å². The molecule has 6 heteroatoms. The molecular formula is C11H6BrClN2OS. The lowest BCUT2D eigenvalue weighted by molar-refractivity contribution is 0.623. The van der Waals surface area contributed by atoms with Crippen molar-refractivity contribution in [3.63, 3.8) is 0 Å². The SMILES string of the molecule is Nc1cc(Br)cc2nc(-c3sccc3Cl)oc12. The summed E-state index contributed by atoms with van der Waals surface area (Å²) in [5.41, 5.74) is 7.73. The highest BCUT2D eigenvalue weighted by molar-refractivity contribution is 9.10. The fourth-order valence-electron chi connectivity index (χ4n) is 1.57. The molecule has 0 bridgehead atoms. The third-order valence-electron chi connectivity index (χ3n) is 2.29. The molecule has 0 atom stereocenters. The minimum Gasteiger partial charge on any atom is -0.433 e. The van der Waals surface area contributed by atoms with E-state index in [1.165, 1.54) is 11.3 Å². The Balaban J connectivity index is 2.27. The lowest BCUT2D eigenvalue weighted by atomic mass is 10.3. The minimum absolute atomic E-state index is 0.504. The van der Waals surface area contributed by atoms with Gasteiger partial charge in [0.1, 0.15) is 10.4 Å². The molecule has 2 N–H and O–H groups in total. The van der Waals surface area contributed by atoms with E-state index in [9.17, 15) is 0 Å². The molecule has 0 spiro atoms. The van der Waals surface area contributed by atoms with Crippen LogP contribution in [0.25, 0.3) is 21.9 Å². The van der Waals surface area contributed by atoms with Gasteiger partial charge in [-0.2, -0.15) is 0 Å². The van der Waals surface area contributed by atoms with Crippen molar-refractivity contribution in [3.8, 4) is 10.8 Å². The molecule has 0 aliphatic carbocycles. The van der Waals surface area contributed by atoms with Gasteiger partial charge in [0.25, 0.3) is 0 Å². The first-order valence-corrected chi connectivity index (χ1v) is 6.79. The van der Waals surface area contributed by atoms with Crippen LogP contribution >= 0.6 is 38.9 Å². The number of oxazole rings is 1. The quantitative estimate of drug-likeness (QED) is 0.666. The predicted molar refractivity (Wildman–Crippen MR) is 74.4 cm³/mol. The van der Waals surface area contributed by atoms with Crippen molar-refractivity contribution in [2.45, 2.75) is 0 Å². The van der Waals surface area contributed by atoms with Crippen LogP contribution in [0, 0.1) is 0 Å². The molecule has 0 saturated heterocycles. The van der Waals surface area contributed by atoms with Gasteiger partial charge in [-0.3, -0.25) is 0 Å². The summed E-state index contributed by atoms with van der Waals surface area (Å²) in [5, 5.41) is 2.53. The second-order valence-electron chi connectivity index (χ2n) is 3.46. The minimum atomic E-state index is 0.504. The summed E-state index contributed by atoms with van der Waals surface area (Å²) >= 11 is 10.9.